The van der Waals surface area contributed by atoms with Gasteiger partial charge in [-0.25, -0.2) is 0 Å². The van der Waals surface area contributed by atoms with Crippen molar-refractivity contribution in [1.82, 2.24) is 0 Å². The third-order valence-corrected chi connectivity index (χ3v) is 4.89. The zero-order valence-corrected chi connectivity index (χ0v) is 15.7. The summed E-state index contributed by atoms with van der Waals surface area (Å²) < 4.78 is 21.3. The van der Waals surface area contributed by atoms with Crippen LogP contribution in [0.4, 0.5) is 0 Å². The minimum Gasteiger partial charge on any atom is -0.508 e. The number of ketones is 1. The first-order valence-electron chi connectivity index (χ1n) is 8.76. The van der Waals surface area contributed by atoms with Crippen molar-refractivity contribution in [2.75, 3.05) is 34.5 Å². The summed E-state index contributed by atoms with van der Waals surface area (Å²) >= 11 is 0. The van der Waals surface area contributed by atoms with Gasteiger partial charge in [0.1, 0.15) is 11.5 Å². The van der Waals surface area contributed by atoms with E-state index in [1.807, 2.05) is 6.07 Å². The molecule has 1 N–H and O–H groups in total. The Bertz CT molecular complexity index is 816. The van der Waals surface area contributed by atoms with Crippen LogP contribution in [0, 0.1) is 11.8 Å². The molecule has 6 heteroatoms. The summed E-state index contributed by atoms with van der Waals surface area (Å²) in [6, 6.07) is 10.3. The van der Waals surface area contributed by atoms with Crippen molar-refractivity contribution in [3.63, 3.8) is 0 Å². The molecule has 0 aliphatic carbocycles. The highest BCUT2D eigenvalue weighted by molar-refractivity contribution is 5.99. The molecule has 0 saturated carbocycles. The molecule has 2 aromatic carbocycles. The summed E-state index contributed by atoms with van der Waals surface area (Å²) in [4.78, 5) is 13.1. The van der Waals surface area contributed by atoms with Gasteiger partial charge in [-0.15, -0.1) is 0 Å². The van der Waals surface area contributed by atoms with Crippen LogP contribution in [0.2, 0.25) is 0 Å². The quantitative estimate of drug-likeness (QED) is 0.753. The Balaban J connectivity index is 1.80. The first-order valence-corrected chi connectivity index (χ1v) is 8.76. The van der Waals surface area contributed by atoms with Gasteiger partial charge in [-0.3, -0.25) is 4.79 Å². The maximum atomic E-state index is 13.1. The minimum atomic E-state index is -0.253. The zero-order chi connectivity index (χ0) is 19.4. The van der Waals surface area contributed by atoms with E-state index in [9.17, 15) is 9.90 Å². The molecule has 0 aromatic heterocycles. The van der Waals surface area contributed by atoms with Gasteiger partial charge in [0.25, 0.3) is 0 Å². The summed E-state index contributed by atoms with van der Waals surface area (Å²) in [5, 5.41) is 9.86. The fourth-order valence-corrected chi connectivity index (χ4v) is 3.48. The molecular formula is C21H24O6. The van der Waals surface area contributed by atoms with Crippen LogP contribution in [0.3, 0.4) is 0 Å². The molecule has 144 valence electrons. The zero-order valence-electron chi connectivity index (χ0n) is 15.7. The van der Waals surface area contributed by atoms with Crippen molar-refractivity contribution in [2.24, 2.45) is 11.8 Å². The number of Topliss-reactive ketones (excluding diaryl/α,β-unsaturated/α-hetero) is 1. The van der Waals surface area contributed by atoms with E-state index in [1.54, 1.807) is 51.7 Å². The molecule has 27 heavy (non-hydrogen) atoms. The Morgan fingerprint density at radius 3 is 2.52 bits per heavy atom. The number of hydrogen-bond acceptors (Lipinski definition) is 6. The van der Waals surface area contributed by atoms with Gasteiger partial charge in [0.15, 0.2) is 17.3 Å². The Hall–Kier alpha value is -2.73. The number of carbonyl (C=O) groups excluding carboxylic acids is 1. The molecule has 0 radical (unpaired) electrons. The van der Waals surface area contributed by atoms with Crippen LogP contribution in [0.1, 0.15) is 15.9 Å². The third kappa shape index (κ3) is 4.17. The lowest BCUT2D eigenvalue weighted by molar-refractivity contribution is 0.0884. The number of rotatable bonds is 7. The molecule has 0 amide bonds. The molecule has 1 fully saturated rings. The van der Waals surface area contributed by atoms with Gasteiger partial charge in [-0.05, 0) is 48.2 Å². The Labute approximate surface area is 158 Å². The third-order valence-electron chi connectivity index (χ3n) is 4.89. The normalized spacial score (nSPS) is 18.9. The van der Waals surface area contributed by atoms with E-state index in [0.717, 1.165) is 5.56 Å². The van der Waals surface area contributed by atoms with Crippen molar-refractivity contribution in [2.45, 2.75) is 6.42 Å². The van der Waals surface area contributed by atoms with E-state index in [4.69, 9.17) is 18.9 Å². The summed E-state index contributed by atoms with van der Waals surface area (Å²) in [6.07, 6.45) is 0.620. The Morgan fingerprint density at radius 2 is 1.81 bits per heavy atom. The van der Waals surface area contributed by atoms with E-state index in [2.05, 4.69) is 0 Å². The van der Waals surface area contributed by atoms with E-state index >= 15 is 0 Å². The SMILES string of the molecule is COc1cc(O)cc(CC2COCC2C(=O)c2ccc(OC)c(OC)c2)c1. The van der Waals surface area contributed by atoms with Crippen LogP contribution < -0.4 is 14.2 Å². The maximum Gasteiger partial charge on any atom is 0.168 e. The van der Waals surface area contributed by atoms with E-state index < -0.39 is 0 Å². The lowest BCUT2D eigenvalue weighted by atomic mass is 9.84. The van der Waals surface area contributed by atoms with E-state index in [-0.39, 0.29) is 23.4 Å². The molecule has 1 aliphatic rings. The monoisotopic (exact) mass is 372 g/mol. The van der Waals surface area contributed by atoms with Gasteiger partial charge in [-0.2, -0.15) is 0 Å². The summed E-state index contributed by atoms with van der Waals surface area (Å²) in [7, 11) is 4.66. The summed E-state index contributed by atoms with van der Waals surface area (Å²) in [5.74, 6) is 1.63. The number of phenols is 1. The number of phenolic OH excluding ortho intramolecular Hbond substituents is 1. The molecular weight excluding hydrogens is 348 g/mol. The minimum absolute atomic E-state index is 0.0190. The number of methoxy groups -OCH3 is 3. The van der Waals surface area contributed by atoms with Gasteiger partial charge >= 0.3 is 0 Å². The number of ether oxygens (including phenoxy) is 4. The Morgan fingerprint density at radius 1 is 1.04 bits per heavy atom. The van der Waals surface area contributed by atoms with Gasteiger partial charge in [-0.1, -0.05) is 0 Å². The number of carbonyl (C=O) groups is 1. The van der Waals surface area contributed by atoms with Crippen molar-refractivity contribution in [3.8, 4) is 23.0 Å². The molecule has 6 nitrogen and oxygen atoms in total. The second-order valence-corrected chi connectivity index (χ2v) is 6.58. The van der Waals surface area contributed by atoms with Crippen LogP contribution in [0.5, 0.6) is 23.0 Å². The molecule has 2 aromatic rings. The predicted octanol–water partition coefficient (Wildman–Crippen LogP) is 3.11. The van der Waals surface area contributed by atoms with E-state index in [1.165, 1.54) is 0 Å². The average molecular weight is 372 g/mol. The van der Waals surface area contributed by atoms with Crippen LogP contribution in [-0.4, -0.2) is 45.4 Å². The first kappa shape index (κ1) is 19.0. The molecule has 0 spiro atoms. The molecule has 2 unspecified atom stereocenters. The average Bonchev–Trinajstić information content (AvgIpc) is 3.14. The van der Waals surface area contributed by atoms with Crippen LogP contribution >= 0.6 is 0 Å². The molecule has 1 saturated heterocycles. The second-order valence-electron chi connectivity index (χ2n) is 6.58. The van der Waals surface area contributed by atoms with Gasteiger partial charge in [0, 0.05) is 11.6 Å². The van der Waals surface area contributed by atoms with Crippen LogP contribution in [0.15, 0.2) is 36.4 Å². The number of benzene rings is 2. The molecule has 2 atom stereocenters. The van der Waals surface area contributed by atoms with Crippen molar-refractivity contribution >= 4 is 5.78 Å². The highest BCUT2D eigenvalue weighted by atomic mass is 16.5. The molecule has 1 heterocycles. The van der Waals surface area contributed by atoms with Gasteiger partial charge < -0.3 is 24.1 Å². The maximum absolute atomic E-state index is 13.1. The second kappa shape index (κ2) is 8.31. The van der Waals surface area contributed by atoms with Gasteiger partial charge in [0.05, 0.1) is 40.5 Å². The predicted molar refractivity (Wildman–Crippen MR) is 100 cm³/mol. The summed E-state index contributed by atoms with van der Waals surface area (Å²) in [6.45, 7) is 0.884. The van der Waals surface area contributed by atoms with Crippen LogP contribution in [0.25, 0.3) is 0 Å². The highest BCUT2D eigenvalue weighted by Gasteiger charge is 2.35. The van der Waals surface area contributed by atoms with Crippen molar-refractivity contribution < 1.29 is 28.8 Å². The van der Waals surface area contributed by atoms with E-state index in [0.29, 0.717) is 42.4 Å². The largest absolute Gasteiger partial charge is 0.508 e. The topological polar surface area (TPSA) is 74.2 Å². The fraction of sp³-hybridized carbons (Fsp3) is 0.381. The van der Waals surface area contributed by atoms with Crippen molar-refractivity contribution in [3.05, 3.63) is 47.5 Å². The number of aromatic hydroxyl groups is 1. The molecule has 1 aliphatic heterocycles. The molecule has 0 bridgehead atoms. The summed E-state index contributed by atoms with van der Waals surface area (Å²) in [5.41, 5.74) is 1.48. The lowest BCUT2D eigenvalue weighted by Crippen LogP contribution is -2.24. The standard InChI is InChI=1S/C21H24O6/c1-24-17-8-13(7-16(22)10-17)6-15-11-27-12-18(15)21(23)14-4-5-19(25-2)20(9-14)26-3/h4-5,7-10,15,18,22H,6,11-12H2,1-3H3. The highest BCUT2D eigenvalue weighted by Crippen LogP contribution is 2.33. The van der Waals surface area contributed by atoms with Crippen molar-refractivity contribution in [1.29, 1.82) is 0 Å². The van der Waals surface area contributed by atoms with Gasteiger partial charge in [0.2, 0.25) is 0 Å². The first-order chi connectivity index (χ1) is 13.0. The smallest absolute Gasteiger partial charge is 0.168 e. The molecule has 3 rings (SSSR count). The lowest BCUT2D eigenvalue weighted by Gasteiger charge is -2.18. The van der Waals surface area contributed by atoms with Crippen LogP contribution in [-0.2, 0) is 11.2 Å². The Kier molecular flexibility index (Phi) is 5.86. The number of hydrogen-bond donors (Lipinski definition) is 1. The fourth-order valence-electron chi connectivity index (χ4n) is 3.48.